The monoisotopic (exact) mass is 617 g/mol. The molecule has 1 saturated carbocycles. The molecule has 1 aliphatic carbocycles. The van der Waals surface area contributed by atoms with E-state index in [4.69, 9.17) is 11.5 Å². The molecule has 5 rings (SSSR count). The Bertz CT molecular complexity index is 1570. The second-order valence-corrected chi connectivity index (χ2v) is 11.2. The molecule has 4 aromatic rings. The fraction of sp³-hybridized carbons (Fsp3) is 0.333. The first-order valence-corrected chi connectivity index (χ1v) is 14.9. The lowest BCUT2D eigenvalue weighted by atomic mass is 9.81. The molecule has 10 nitrogen and oxygen atoms in total. The van der Waals surface area contributed by atoms with E-state index in [1.807, 2.05) is 54.6 Å². The third-order valence-electron chi connectivity index (χ3n) is 8.17. The average Bonchev–Trinajstić information content (AvgIpc) is 3.51. The van der Waals surface area contributed by atoms with E-state index in [1.54, 1.807) is 18.3 Å². The summed E-state index contributed by atoms with van der Waals surface area (Å²) in [7, 11) is 0. The minimum atomic E-state index is -0.777. The summed E-state index contributed by atoms with van der Waals surface area (Å²) in [4.78, 5) is 39.2. The second kappa shape index (κ2) is 15.5. The summed E-state index contributed by atoms with van der Waals surface area (Å²) in [5.41, 5.74) is 16.1. The normalized spacial score (nSPS) is 16.9. The molecule has 3 aromatic carbocycles. The van der Waals surface area contributed by atoms with Gasteiger partial charge in [-0.05, 0) is 85.2 Å². The molecule has 44 heavy (non-hydrogen) atoms. The molecule has 1 aromatic heterocycles. The Labute approximate surface area is 263 Å². The summed E-state index contributed by atoms with van der Waals surface area (Å²) in [6.45, 7) is 1.44. The smallest absolute Gasteiger partial charge is 0.251 e. The average molecular weight is 618 g/mol. The maximum absolute atomic E-state index is 13.6. The van der Waals surface area contributed by atoms with Crippen LogP contribution in [0.15, 0.2) is 72.9 Å². The van der Waals surface area contributed by atoms with Gasteiger partial charge < -0.3 is 27.4 Å². The fourth-order valence-electron chi connectivity index (χ4n) is 5.62. The van der Waals surface area contributed by atoms with Gasteiger partial charge in [-0.25, -0.2) is 0 Å². The van der Waals surface area contributed by atoms with E-state index in [-0.39, 0.29) is 36.0 Å². The number of aromatic amines is 1. The van der Waals surface area contributed by atoms with Gasteiger partial charge in [0.25, 0.3) is 5.91 Å². The first kappa shape index (κ1) is 32.7. The SMILES string of the molecule is Cl.NCCNC(=O)c1ccc(-c2cccc(C[C@H](NC(=O)[C@H]3CC[C@H](CN)CC3)C(=O)Nc3ccc4cn[nH]c4c3)c2)cc1. The molecule has 1 heterocycles. The van der Waals surface area contributed by atoms with Crippen LogP contribution in [0.2, 0.25) is 0 Å². The number of carbonyl (C=O) groups is 3. The van der Waals surface area contributed by atoms with Crippen molar-refractivity contribution in [1.29, 1.82) is 0 Å². The largest absolute Gasteiger partial charge is 0.351 e. The summed E-state index contributed by atoms with van der Waals surface area (Å²) in [6, 6.07) is 20.0. The second-order valence-electron chi connectivity index (χ2n) is 11.2. The van der Waals surface area contributed by atoms with Crippen LogP contribution in [0.25, 0.3) is 22.0 Å². The molecule has 0 bridgehead atoms. The molecule has 11 heteroatoms. The Morgan fingerprint density at radius 2 is 1.70 bits per heavy atom. The van der Waals surface area contributed by atoms with Crippen molar-refractivity contribution in [1.82, 2.24) is 20.8 Å². The number of anilines is 1. The van der Waals surface area contributed by atoms with Crippen molar-refractivity contribution in [2.45, 2.75) is 38.1 Å². The lowest BCUT2D eigenvalue weighted by Crippen LogP contribution is -2.48. The highest BCUT2D eigenvalue weighted by Crippen LogP contribution is 2.29. The number of aromatic nitrogens is 2. The minimum Gasteiger partial charge on any atom is -0.351 e. The molecular weight excluding hydrogens is 578 g/mol. The van der Waals surface area contributed by atoms with Gasteiger partial charge in [-0.1, -0.05) is 36.4 Å². The Morgan fingerprint density at radius 3 is 2.43 bits per heavy atom. The fourth-order valence-corrected chi connectivity index (χ4v) is 5.62. The van der Waals surface area contributed by atoms with Gasteiger partial charge in [0.05, 0.1) is 11.7 Å². The number of halogens is 1. The van der Waals surface area contributed by atoms with Crippen molar-refractivity contribution in [2.75, 3.05) is 25.0 Å². The van der Waals surface area contributed by atoms with Gasteiger partial charge in [-0.2, -0.15) is 5.10 Å². The van der Waals surface area contributed by atoms with Crippen molar-refractivity contribution in [3.05, 3.63) is 84.1 Å². The zero-order valence-corrected chi connectivity index (χ0v) is 25.4. The summed E-state index contributed by atoms with van der Waals surface area (Å²) in [5, 5.41) is 16.7. The summed E-state index contributed by atoms with van der Waals surface area (Å²) >= 11 is 0. The van der Waals surface area contributed by atoms with E-state index in [0.29, 0.717) is 43.2 Å². The standard InChI is InChI=1S/C33H39N7O3.ClH/c34-14-15-36-31(41)24-10-8-23(9-11-24)26-3-1-2-22(16-26)17-30(39-32(42)25-6-4-21(19-35)5-7-25)33(43)38-28-13-12-27-20-37-40-29(27)18-28;/h1-3,8-13,16,18,20-21,25,30H,4-7,14-15,17,19,34-35H2,(H,36,41)(H,37,40)(H,38,43)(H,39,42);1H/t21-,25-,30-;/m0./s1. The Hall–Kier alpha value is -4.25. The van der Waals surface area contributed by atoms with Crippen molar-refractivity contribution in [2.24, 2.45) is 23.3 Å². The molecule has 0 radical (unpaired) electrons. The zero-order valence-electron chi connectivity index (χ0n) is 24.6. The van der Waals surface area contributed by atoms with Crippen molar-refractivity contribution in [3.63, 3.8) is 0 Å². The topological polar surface area (TPSA) is 168 Å². The van der Waals surface area contributed by atoms with Crippen LogP contribution in [-0.2, 0) is 16.0 Å². The molecule has 1 atom stereocenters. The van der Waals surface area contributed by atoms with Gasteiger partial charge >= 0.3 is 0 Å². The van der Waals surface area contributed by atoms with E-state index in [2.05, 4.69) is 26.1 Å². The highest BCUT2D eigenvalue weighted by Gasteiger charge is 2.29. The number of benzene rings is 3. The van der Waals surface area contributed by atoms with Gasteiger partial charge in [0, 0.05) is 42.1 Å². The van der Waals surface area contributed by atoms with E-state index >= 15 is 0 Å². The molecule has 8 N–H and O–H groups in total. The van der Waals surface area contributed by atoms with Crippen molar-refractivity contribution >= 4 is 46.7 Å². The molecule has 232 valence electrons. The lowest BCUT2D eigenvalue weighted by Gasteiger charge is -2.28. The van der Waals surface area contributed by atoms with Crippen molar-refractivity contribution < 1.29 is 14.4 Å². The van der Waals surface area contributed by atoms with Crippen LogP contribution in [0.5, 0.6) is 0 Å². The van der Waals surface area contributed by atoms with Crippen LogP contribution in [0.4, 0.5) is 5.69 Å². The number of nitrogens with two attached hydrogens (primary N) is 2. The van der Waals surface area contributed by atoms with Crippen LogP contribution in [0, 0.1) is 11.8 Å². The lowest BCUT2D eigenvalue weighted by molar-refractivity contribution is -0.130. The molecule has 0 unspecified atom stereocenters. The predicted octanol–water partition coefficient (Wildman–Crippen LogP) is 3.77. The quantitative estimate of drug-likeness (QED) is 0.150. The molecule has 0 aliphatic heterocycles. The highest BCUT2D eigenvalue weighted by molar-refractivity contribution is 5.99. The third kappa shape index (κ3) is 8.22. The number of nitrogens with zero attached hydrogens (tertiary/aromatic N) is 1. The van der Waals surface area contributed by atoms with Crippen LogP contribution in [0.1, 0.15) is 41.6 Å². The molecule has 0 spiro atoms. The summed E-state index contributed by atoms with van der Waals surface area (Å²) < 4.78 is 0. The number of nitrogens with one attached hydrogen (secondary N) is 4. The van der Waals surface area contributed by atoms with Crippen LogP contribution >= 0.6 is 12.4 Å². The Balaban J connectivity index is 0.00000442. The highest BCUT2D eigenvalue weighted by atomic mass is 35.5. The van der Waals surface area contributed by atoms with Crippen LogP contribution in [-0.4, -0.2) is 53.6 Å². The van der Waals surface area contributed by atoms with E-state index < -0.39 is 6.04 Å². The summed E-state index contributed by atoms with van der Waals surface area (Å²) in [6.07, 6.45) is 5.43. The predicted molar refractivity (Wildman–Crippen MR) is 175 cm³/mol. The first-order chi connectivity index (χ1) is 20.9. The van der Waals surface area contributed by atoms with Crippen LogP contribution in [0.3, 0.4) is 0 Å². The van der Waals surface area contributed by atoms with E-state index in [1.165, 1.54) is 0 Å². The molecule has 0 saturated heterocycles. The third-order valence-corrected chi connectivity index (χ3v) is 8.17. The number of hydrogen-bond acceptors (Lipinski definition) is 6. The van der Waals surface area contributed by atoms with Crippen LogP contribution < -0.4 is 27.4 Å². The van der Waals surface area contributed by atoms with Gasteiger partial charge in [-0.15, -0.1) is 12.4 Å². The minimum absolute atomic E-state index is 0. The van der Waals surface area contributed by atoms with Crippen molar-refractivity contribution in [3.8, 4) is 11.1 Å². The number of H-pyrrole nitrogens is 1. The van der Waals surface area contributed by atoms with Gasteiger partial charge in [0.2, 0.25) is 11.8 Å². The van der Waals surface area contributed by atoms with Gasteiger partial charge in [0.1, 0.15) is 6.04 Å². The zero-order chi connectivity index (χ0) is 30.2. The number of amides is 3. The van der Waals surface area contributed by atoms with Gasteiger partial charge in [-0.3, -0.25) is 19.5 Å². The number of hydrogen-bond donors (Lipinski definition) is 6. The van der Waals surface area contributed by atoms with Gasteiger partial charge in [0.15, 0.2) is 0 Å². The van der Waals surface area contributed by atoms with E-state index in [0.717, 1.165) is 53.3 Å². The van der Waals surface area contributed by atoms with E-state index in [9.17, 15) is 14.4 Å². The molecule has 1 fully saturated rings. The Morgan fingerprint density at radius 1 is 0.932 bits per heavy atom. The summed E-state index contributed by atoms with van der Waals surface area (Å²) in [5.74, 6) is -0.233. The Kier molecular flexibility index (Phi) is 11.5. The first-order valence-electron chi connectivity index (χ1n) is 14.9. The maximum atomic E-state index is 13.6. The molecule has 3 amide bonds. The number of fused-ring (bicyclic) bond motifs is 1. The molecular formula is C33H40ClN7O3. The molecule has 1 aliphatic rings. The maximum Gasteiger partial charge on any atom is 0.251 e. The number of carbonyl (C=O) groups excluding carboxylic acids is 3. The number of rotatable bonds is 11.